The molecule has 0 aliphatic carbocycles. The van der Waals surface area contributed by atoms with Crippen molar-refractivity contribution in [2.75, 3.05) is 17.3 Å². The van der Waals surface area contributed by atoms with Crippen LogP contribution in [0.2, 0.25) is 0 Å². The van der Waals surface area contributed by atoms with Gasteiger partial charge < -0.3 is 0 Å². The number of halogens is 1. The first kappa shape index (κ1) is 11.5. The van der Waals surface area contributed by atoms with Crippen molar-refractivity contribution >= 4 is 23.3 Å². The van der Waals surface area contributed by atoms with Crippen LogP contribution in [0, 0.1) is 5.92 Å². The third-order valence-electron chi connectivity index (χ3n) is 2.91. The lowest BCUT2D eigenvalue weighted by Gasteiger charge is -2.11. The number of aromatic nitrogens is 2. The number of hydrogen-bond donors (Lipinski definition) is 1. The molecule has 2 rings (SSSR count). The zero-order valence-electron chi connectivity index (χ0n) is 9.53. The predicted octanol–water partition coefficient (Wildman–Crippen LogP) is 2.12. The zero-order valence-corrected chi connectivity index (χ0v) is 10.3. The summed E-state index contributed by atoms with van der Waals surface area (Å²) in [5.74, 6) is 2.02. The highest BCUT2D eigenvalue weighted by atomic mass is 35.5. The lowest BCUT2D eigenvalue weighted by Crippen LogP contribution is -2.24. The standard InChI is InChI=1S/C11H16ClN3O/c1-7(2)9-4-10(14-13-9)15-6-8(5-12)3-11(15)16/h4,7-8H,3,5-6H2,1-2H3,(H,13,14). The molecule has 0 radical (unpaired) electrons. The molecule has 0 aromatic carbocycles. The van der Waals surface area contributed by atoms with Crippen molar-refractivity contribution in [3.05, 3.63) is 11.8 Å². The van der Waals surface area contributed by atoms with Gasteiger partial charge in [0, 0.05) is 30.6 Å². The molecule has 2 heterocycles. The van der Waals surface area contributed by atoms with Crippen molar-refractivity contribution in [3.8, 4) is 0 Å². The fourth-order valence-electron chi connectivity index (χ4n) is 1.87. The van der Waals surface area contributed by atoms with Crippen molar-refractivity contribution in [3.63, 3.8) is 0 Å². The Labute approximate surface area is 100.0 Å². The van der Waals surface area contributed by atoms with Crippen LogP contribution < -0.4 is 4.90 Å². The Balaban J connectivity index is 2.15. The summed E-state index contributed by atoms with van der Waals surface area (Å²) in [4.78, 5) is 13.5. The summed E-state index contributed by atoms with van der Waals surface area (Å²) in [6.45, 7) is 4.86. The molecular formula is C11H16ClN3O. The summed E-state index contributed by atoms with van der Waals surface area (Å²) in [5, 5.41) is 7.13. The van der Waals surface area contributed by atoms with E-state index in [1.54, 1.807) is 4.90 Å². The number of carbonyl (C=O) groups excluding carboxylic acids is 1. The molecule has 16 heavy (non-hydrogen) atoms. The smallest absolute Gasteiger partial charge is 0.228 e. The number of aromatic amines is 1. The molecule has 1 N–H and O–H groups in total. The monoisotopic (exact) mass is 241 g/mol. The van der Waals surface area contributed by atoms with E-state index in [-0.39, 0.29) is 11.8 Å². The molecule has 1 saturated heterocycles. The van der Waals surface area contributed by atoms with Gasteiger partial charge in [0.15, 0.2) is 5.82 Å². The van der Waals surface area contributed by atoms with Crippen molar-refractivity contribution in [1.82, 2.24) is 10.2 Å². The Kier molecular flexibility index (Phi) is 3.19. The highest BCUT2D eigenvalue weighted by Gasteiger charge is 2.31. The molecule has 5 heteroatoms. The van der Waals surface area contributed by atoms with E-state index >= 15 is 0 Å². The second kappa shape index (κ2) is 4.45. The number of carbonyl (C=O) groups is 1. The molecule has 1 aliphatic heterocycles. The van der Waals surface area contributed by atoms with E-state index in [0.29, 0.717) is 24.8 Å². The minimum atomic E-state index is 0.118. The van der Waals surface area contributed by atoms with Crippen LogP contribution in [0.25, 0.3) is 0 Å². The number of nitrogens with zero attached hydrogens (tertiary/aromatic N) is 2. The van der Waals surface area contributed by atoms with E-state index in [4.69, 9.17) is 11.6 Å². The molecule has 1 fully saturated rings. The number of nitrogens with one attached hydrogen (secondary N) is 1. The summed E-state index contributed by atoms with van der Waals surface area (Å²) in [7, 11) is 0. The summed E-state index contributed by atoms with van der Waals surface area (Å²) < 4.78 is 0. The van der Waals surface area contributed by atoms with Gasteiger partial charge in [0.1, 0.15) is 0 Å². The highest BCUT2D eigenvalue weighted by Crippen LogP contribution is 2.26. The molecule has 0 saturated carbocycles. The molecule has 0 spiro atoms. The minimum Gasteiger partial charge on any atom is -0.295 e. The van der Waals surface area contributed by atoms with Gasteiger partial charge in [-0.25, -0.2) is 0 Å². The van der Waals surface area contributed by atoms with Crippen LogP contribution in [-0.4, -0.2) is 28.5 Å². The van der Waals surface area contributed by atoms with Gasteiger partial charge in [-0.05, 0) is 11.8 Å². The number of rotatable bonds is 3. The van der Waals surface area contributed by atoms with Crippen LogP contribution in [0.5, 0.6) is 0 Å². The topological polar surface area (TPSA) is 49.0 Å². The van der Waals surface area contributed by atoms with Gasteiger partial charge in [0.05, 0.1) is 0 Å². The molecule has 1 atom stereocenters. The third kappa shape index (κ3) is 2.07. The molecule has 4 nitrogen and oxygen atoms in total. The van der Waals surface area contributed by atoms with E-state index in [1.165, 1.54) is 0 Å². The molecule has 88 valence electrons. The van der Waals surface area contributed by atoms with Gasteiger partial charge in [-0.1, -0.05) is 13.8 Å². The van der Waals surface area contributed by atoms with Crippen LogP contribution in [-0.2, 0) is 4.79 Å². The van der Waals surface area contributed by atoms with Crippen molar-refractivity contribution in [2.45, 2.75) is 26.2 Å². The molecule has 1 amide bonds. The summed E-state index contributed by atoms with van der Waals surface area (Å²) >= 11 is 5.77. The van der Waals surface area contributed by atoms with Gasteiger partial charge in [-0.3, -0.25) is 14.8 Å². The Bertz CT molecular complexity index is 388. The van der Waals surface area contributed by atoms with Crippen molar-refractivity contribution < 1.29 is 4.79 Å². The summed E-state index contributed by atoms with van der Waals surface area (Å²) in [5.41, 5.74) is 1.05. The van der Waals surface area contributed by atoms with Gasteiger partial charge in [-0.2, -0.15) is 5.10 Å². The van der Waals surface area contributed by atoms with E-state index in [0.717, 1.165) is 11.5 Å². The van der Waals surface area contributed by atoms with Crippen LogP contribution in [0.4, 0.5) is 5.82 Å². The predicted molar refractivity (Wildman–Crippen MR) is 63.9 cm³/mol. The van der Waals surface area contributed by atoms with Crippen LogP contribution in [0.1, 0.15) is 31.9 Å². The second-order valence-corrected chi connectivity index (χ2v) is 4.87. The second-order valence-electron chi connectivity index (χ2n) is 4.56. The fraction of sp³-hybridized carbons (Fsp3) is 0.636. The maximum atomic E-state index is 11.7. The average molecular weight is 242 g/mol. The van der Waals surface area contributed by atoms with Crippen LogP contribution >= 0.6 is 11.6 Å². The van der Waals surface area contributed by atoms with Crippen molar-refractivity contribution in [2.24, 2.45) is 5.92 Å². The Morgan fingerprint density at radius 3 is 2.94 bits per heavy atom. The molecule has 1 aromatic rings. The first-order valence-electron chi connectivity index (χ1n) is 5.53. The first-order valence-corrected chi connectivity index (χ1v) is 6.07. The minimum absolute atomic E-state index is 0.118. The number of hydrogen-bond acceptors (Lipinski definition) is 2. The van der Waals surface area contributed by atoms with Gasteiger partial charge in [-0.15, -0.1) is 11.6 Å². The molecule has 1 aromatic heterocycles. The van der Waals surface area contributed by atoms with Gasteiger partial charge in [0.25, 0.3) is 0 Å². The van der Waals surface area contributed by atoms with Crippen LogP contribution in [0.3, 0.4) is 0 Å². The first-order chi connectivity index (χ1) is 7.61. The Hall–Kier alpha value is -1.03. The quantitative estimate of drug-likeness (QED) is 0.825. The highest BCUT2D eigenvalue weighted by molar-refractivity contribution is 6.18. The molecule has 0 bridgehead atoms. The molecular weight excluding hydrogens is 226 g/mol. The summed E-state index contributed by atoms with van der Waals surface area (Å²) in [6.07, 6.45) is 0.535. The largest absolute Gasteiger partial charge is 0.295 e. The average Bonchev–Trinajstić information content (AvgIpc) is 2.83. The number of alkyl halides is 1. The third-order valence-corrected chi connectivity index (χ3v) is 3.34. The van der Waals surface area contributed by atoms with Crippen LogP contribution in [0.15, 0.2) is 6.07 Å². The zero-order chi connectivity index (χ0) is 11.7. The maximum absolute atomic E-state index is 11.7. The normalized spacial score (nSPS) is 21.1. The van der Waals surface area contributed by atoms with Gasteiger partial charge >= 0.3 is 0 Å². The Morgan fingerprint density at radius 2 is 2.44 bits per heavy atom. The lowest BCUT2D eigenvalue weighted by molar-refractivity contribution is -0.117. The van der Waals surface area contributed by atoms with E-state index in [2.05, 4.69) is 24.0 Å². The van der Waals surface area contributed by atoms with Gasteiger partial charge in [0.2, 0.25) is 5.91 Å². The van der Waals surface area contributed by atoms with E-state index < -0.39 is 0 Å². The number of anilines is 1. The van der Waals surface area contributed by atoms with Crippen molar-refractivity contribution in [1.29, 1.82) is 0 Å². The van der Waals surface area contributed by atoms with E-state index in [1.807, 2.05) is 6.07 Å². The molecule has 1 unspecified atom stereocenters. The lowest BCUT2D eigenvalue weighted by atomic mass is 10.1. The fourth-order valence-corrected chi connectivity index (χ4v) is 2.07. The van der Waals surface area contributed by atoms with E-state index in [9.17, 15) is 4.79 Å². The maximum Gasteiger partial charge on any atom is 0.228 e. The Morgan fingerprint density at radius 1 is 1.69 bits per heavy atom. The summed E-state index contributed by atoms with van der Waals surface area (Å²) in [6, 6.07) is 1.94. The molecule has 1 aliphatic rings. The number of H-pyrrole nitrogens is 1. The SMILES string of the molecule is CC(C)c1cc(N2CC(CCl)CC2=O)n[nH]1. The number of amides is 1.